The number of rotatable bonds is 3. The highest BCUT2D eigenvalue weighted by molar-refractivity contribution is 7.83. The van der Waals surface area contributed by atoms with E-state index in [0.717, 1.165) is 21.5 Å². The Morgan fingerprint density at radius 2 is 1.84 bits per heavy atom. The quantitative estimate of drug-likeness (QED) is 0.732. The molecule has 0 saturated heterocycles. The predicted octanol–water partition coefficient (Wildman–Crippen LogP) is 3.22. The van der Waals surface area contributed by atoms with Crippen LogP contribution >= 0.6 is 0 Å². The van der Waals surface area contributed by atoms with Crippen LogP contribution in [-0.4, -0.2) is 15.3 Å². The summed E-state index contributed by atoms with van der Waals surface area (Å²) in [5.41, 5.74) is 0.904. The lowest BCUT2D eigenvalue weighted by Crippen LogP contribution is -2.03. The first-order valence-corrected chi connectivity index (χ1v) is 7.02. The van der Waals surface area contributed by atoms with Gasteiger partial charge in [0.2, 0.25) is 0 Å². The molecule has 3 nitrogen and oxygen atoms in total. The first-order chi connectivity index (χ1) is 9.29. The molecule has 0 aliphatic rings. The van der Waals surface area contributed by atoms with Crippen LogP contribution in [-0.2, 0) is 11.0 Å². The molecular formula is C15H13NO2S. The Balaban J connectivity index is 2.12. The van der Waals surface area contributed by atoms with Gasteiger partial charge < -0.3 is 4.74 Å². The van der Waals surface area contributed by atoms with Gasteiger partial charge in [-0.3, -0.25) is 3.97 Å². The molecule has 96 valence electrons. The monoisotopic (exact) mass is 271 g/mol. The van der Waals surface area contributed by atoms with E-state index in [1.54, 1.807) is 11.1 Å². The van der Waals surface area contributed by atoms with Crippen LogP contribution in [0.25, 0.3) is 10.9 Å². The third-order valence-electron chi connectivity index (χ3n) is 2.99. The number of nitrogens with zero attached hydrogens (tertiary/aromatic N) is 1. The van der Waals surface area contributed by atoms with E-state index < -0.39 is 11.0 Å². The fourth-order valence-electron chi connectivity index (χ4n) is 2.01. The lowest BCUT2D eigenvalue weighted by molar-refractivity contribution is 0.415. The third kappa shape index (κ3) is 2.15. The fourth-order valence-corrected chi connectivity index (χ4v) is 3.13. The third-order valence-corrected chi connectivity index (χ3v) is 4.34. The zero-order chi connectivity index (χ0) is 13.2. The maximum Gasteiger partial charge on any atom is 0.157 e. The summed E-state index contributed by atoms with van der Waals surface area (Å²) in [6, 6.07) is 17.1. The largest absolute Gasteiger partial charge is 0.497 e. The molecule has 3 rings (SSSR count). The van der Waals surface area contributed by atoms with E-state index in [2.05, 4.69) is 0 Å². The van der Waals surface area contributed by atoms with Crippen LogP contribution in [0, 0.1) is 0 Å². The van der Waals surface area contributed by atoms with Gasteiger partial charge in [-0.2, -0.15) is 0 Å². The molecule has 0 fully saturated rings. The number of fused-ring (bicyclic) bond motifs is 1. The summed E-state index contributed by atoms with van der Waals surface area (Å²) in [7, 11) is 0.388. The van der Waals surface area contributed by atoms with Crippen LogP contribution in [0.5, 0.6) is 5.75 Å². The van der Waals surface area contributed by atoms with Gasteiger partial charge in [0.15, 0.2) is 11.0 Å². The van der Waals surface area contributed by atoms with Gasteiger partial charge in [-0.15, -0.1) is 0 Å². The van der Waals surface area contributed by atoms with Crippen molar-refractivity contribution in [2.75, 3.05) is 7.11 Å². The summed E-state index contributed by atoms with van der Waals surface area (Å²) in [4.78, 5) is 0.780. The molecule has 0 bridgehead atoms. The highest BCUT2D eigenvalue weighted by atomic mass is 32.2. The molecule has 0 amide bonds. The van der Waals surface area contributed by atoms with Crippen molar-refractivity contribution in [3.63, 3.8) is 0 Å². The second kappa shape index (κ2) is 4.90. The smallest absolute Gasteiger partial charge is 0.157 e. The zero-order valence-corrected chi connectivity index (χ0v) is 11.3. The summed E-state index contributed by atoms with van der Waals surface area (Å²) < 4.78 is 19.5. The molecular weight excluding hydrogens is 258 g/mol. The Hall–Kier alpha value is -2.07. The number of ether oxygens (including phenoxy) is 1. The molecule has 2 aromatic carbocycles. The maximum absolute atomic E-state index is 12.6. The molecule has 3 aromatic rings. The van der Waals surface area contributed by atoms with Crippen molar-refractivity contribution < 1.29 is 8.95 Å². The lowest BCUT2D eigenvalue weighted by atomic mass is 10.2. The zero-order valence-electron chi connectivity index (χ0n) is 10.4. The summed E-state index contributed by atoms with van der Waals surface area (Å²) >= 11 is 0. The number of aromatic nitrogens is 1. The van der Waals surface area contributed by atoms with E-state index >= 15 is 0 Å². The Bertz CT molecular complexity index is 734. The van der Waals surface area contributed by atoms with Crippen molar-refractivity contribution in [1.82, 2.24) is 3.97 Å². The first kappa shape index (κ1) is 12.0. The van der Waals surface area contributed by atoms with Gasteiger partial charge >= 0.3 is 0 Å². The molecule has 1 unspecified atom stereocenters. The average molecular weight is 271 g/mol. The molecule has 0 aliphatic heterocycles. The Labute approximate surface area is 114 Å². The van der Waals surface area contributed by atoms with E-state index in [9.17, 15) is 4.21 Å². The number of hydrogen-bond acceptors (Lipinski definition) is 2. The van der Waals surface area contributed by atoms with Crippen LogP contribution in [0.3, 0.4) is 0 Å². The number of benzene rings is 2. The van der Waals surface area contributed by atoms with Gasteiger partial charge in [0.25, 0.3) is 0 Å². The second-order valence-corrected chi connectivity index (χ2v) is 5.49. The van der Waals surface area contributed by atoms with Crippen LogP contribution in [0.1, 0.15) is 0 Å². The van der Waals surface area contributed by atoms with Gasteiger partial charge in [-0.05, 0) is 30.3 Å². The van der Waals surface area contributed by atoms with Gasteiger partial charge in [0.1, 0.15) is 5.75 Å². The Morgan fingerprint density at radius 1 is 1.05 bits per heavy atom. The van der Waals surface area contributed by atoms with Crippen LogP contribution in [0.15, 0.2) is 65.7 Å². The summed E-state index contributed by atoms with van der Waals surface area (Å²) in [6.07, 6.45) is 1.84. The fraction of sp³-hybridized carbons (Fsp3) is 0.0667. The normalized spacial score (nSPS) is 12.5. The minimum Gasteiger partial charge on any atom is -0.497 e. The summed E-state index contributed by atoms with van der Waals surface area (Å²) in [5, 5.41) is 1.05. The van der Waals surface area contributed by atoms with Crippen LogP contribution in [0.4, 0.5) is 0 Å². The minimum absolute atomic E-state index is 0.762. The van der Waals surface area contributed by atoms with Crippen LogP contribution < -0.4 is 4.74 Å². The van der Waals surface area contributed by atoms with Crippen molar-refractivity contribution in [3.05, 3.63) is 60.8 Å². The Morgan fingerprint density at radius 3 is 2.58 bits per heavy atom. The average Bonchev–Trinajstić information content (AvgIpc) is 2.90. The molecule has 0 spiro atoms. The van der Waals surface area contributed by atoms with Crippen molar-refractivity contribution in [2.24, 2.45) is 0 Å². The van der Waals surface area contributed by atoms with E-state index in [-0.39, 0.29) is 0 Å². The maximum atomic E-state index is 12.6. The van der Waals surface area contributed by atoms with Crippen molar-refractivity contribution >= 4 is 21.9 Å². The molecule has 1 aromatic heterocycles. The number of hydrogen-bond donors (Lipinski definition) is 0. The summed E-state index contributed by atoms with van der Waals surface area (Å²) in [6.45, 7) is 0. The Kier molecular flexibility index (Phi) is 3.09. The van der Waals surface area contributed by atoms with Gasteiger partial charge in [-0.1, -0.05) is 18.2 Å². The molecule has 19 heavy (non-hydrogen) atoms. The van der Waals surface area contributed by atoms with Gasteiger partial charge in [-0.25, -0.2) is 4.21 Å². The van der Waals surface area contributed by atoms with Crippen molar-refractivity contribution in [2.45, 2.75) is 4.90 Å². The molecule has 1 heterocycles. The highest BCUT2D eigenvalue weighted by Gasteiger charge is 2.10. The topological polar surface area (TPSA) is 31.2 Å². The molecule has 0 N–H and O–H groups in total. The molecule has 1 atom stereocenters. The molecule has 0 saturated carbocycles. The van der Waals surface area contributed by atoms with E-state index in [1.165, 1.54) is 0 Å². The van der Waals surface area contributed by atoms with E-state index in [4.69, 9.17) is 4.74 Å². The van der Waals surface area contributed by atoms with Gasteiger partial charge in [0, 0.05) is 17.6 Å². The molecule has 4 heteroatoms. The standard InChI is InChI=1S/C15H13NO2S/c1-18-13-8-7-12-9-10-16(15(12)11-13)19(17)14-5-3-2-4-6-14/h2-11H,1H3. The second-order valence-electron chi connectivity index (χ2n) is 4.13. The SMILES string of the molecule is COc1ccc2ccn(S(=O)c3ccccc3)c2c1. The highest BCUT2D eigenvalue weighted by Crippen LogP contribution is 2.24. The predicted molar refractivity (Wildman–Crippen MR) is 76.7 cm³/mol. The van der Waals surface area contributed by atoms with Gasteiger partial charge in [0.05, 0.1) is 17.5 Å². The summed E-state index contributed by atoms with van der Waals surface area (Å²) in [5.74, 6) is 0.762. The first-order valence-electron chi connectivity index (χ1n) is 5.92. The molecule has 0 radical (unpaired) electrons. The lowest BCUT2D eigenvalue weighted by Gasteiger charge is -2.06. The van der Waals surface area contributed by atoms with Crippen molar-refractivity contribution in [3.8, 4) is 5.75 Å². The van der Waals surface area contributed by atoms with E-state index in [0.29, 0.717) is 0 Å². The molecule has 0 aliphatic carbocycles. The minimum atomic E-state index is -1.24. The van der Waals surface area contributed by atoms with Crippen LogP contribution in [0.2, 0.25) is 0 Å². The number of methoxy groups -OCH3 is 1. The van der Waals surface area contributed by atoms with E-state index in [1.807, 2.05) is 60.8 Å². The van der Waals surface area contributed by atoms with Crippen molar-refractivity contribution in [1.29, 1.82) is 0 Å².